The molecule has 0 aliphatic rings. The van der Waals surface area contributed by atoms with Crippen molar-refractivity contribution >= 4 is 5.71 Å². The first-order valence-electron chi connectivity index (χ1n) is 5.68. The standard InChI is InChI=1S/C8H14.C7H13N/c1-7(2)5-6-8(3)4;1-6(2)5-8-7(3)4/h5-6H,1-4H3;5H,1-4H3. The van der Waals surface area contributed by atoms with Gasteiger partial charge in [0.25, 0.3) is 0 Å². The van der Waals surface area contributed by atoms with Gasteiger partial charge < -0.3 is 0 Å². The smallest absolute Gasteiger partial charge is 0.0253 e. The molecule has 0 saturated heterocycles. The zero-order valence-electron chi connectivity index (χ0n) is 12.2. The second kappa shape index (κ2) is 10.4. The normalized spacial score (nSPS) is 8.00. The van der Waals surface area contributed by atoms with Crippen LogP contribution in [0.25, 0.3) is 0 Å². The number of nitrogens with zero attached hydrogens (tertiary/aromatic N) is 1. The van der Waals surface area contributed by atoms with E-state index < -0.39 is 0 Å². The van der Waals surface area contributed by atoms with Gasteiger partial charge in [0.1, 0.15) is 0 Å². The molecular formula is C15H27N. The fourth-order valence-corrected chi connectivity index (χ4v) is 0.592. The van der Waals surface area contributed by atoms with Crippen LogP contribution in [0.1, 0.15) is 55.4 Å². The molecule has 0 unspecified atom stereocenters. The molecule has 16 heavy (non-hydrogen) atoms. The molecule has 0 spiro atoms. The Hall–Kier alpha value is -1.11. The Morgan fingerprint density at radius 3 is 1.12 bits per heavy atom. The highest BCUT2D eigenvalue weighted by molar-refractivity contribution is 5.79. The van der Waals surface area contributed by atoms with Crippen LogP contribution in [0.4, 0.5) is 0 Å². The van der Waals surface area contributed by atoms with Crippen LogP contribution < -0.4 is 0 Å². The van der Waals surface area contributed by atoms with E-state index in [-0.39, 0.29) is 0 Å². The zero-order valence-corrected chi connectivity index (χ0v) is 12.2. The van der Waals surface area contributed by atoms with E-state index in [9.17, 15) is 0 Å². The summed E-state index contributed by atoms with van der Waals surface area (Å²) in [6.45, 7) is 16.4. The molecule has 0 aromatic rings. The summed E-state index contributed by atoms with van der Waals surface area (Å²) >= 11 is 0. The highest BCUT2D eigenvalue weighted by Crippen LogP contribution is 1.93. The van der Waals surface area contributed by atoms with Crippen molar-refractivity contribution in [2.45, 2.75) is 55.4 Å². The minimum Gasteiger partial charge on any atom is -0.266 e. The van der Waals surface area contributed by atoms with Crippen LogP contribution in [0.5, 0.6) is 0 Å². The van der Waals surface area contributed by atoms with Crippen molar-refractivity contribution in [2.75, 3.05) is 0 Å². The summed E-state index contributed by atoms with van der Waals surface area (Å²) < 4.78 is 0. The van der Waals surface area contributed by atoms with E-state index in [0.717, 1.165) is 5.71 Å². The average molecular weight is 221 g/mol. The van der Waals surface area contributed by atoms with E-state index in [1.807, 2.05) is 33.9 Å². The van der Waals surface area contributed by atoms with Crippen molar-refractivity contribution in [3.8, 4) is 0 Å². The Balaban J connectivity index is 0. The lowest BCUT2D eigenvalue weighted by Crippen LogP contribution is -1.75. The van der Waals surface area contributed by atoms with E-state index in [1.165, 1.54) is 16.7 Å². The predicted molar refractivity (Wildman–Crippen MR) is 77.1 cm³/mol. The third kappa shape index (κ3) is 23.1. The van der Waals surface area contributed by atoms with Gasteiger partial charge in [-0.2, -0.15) is 0 Å². The summed E-state index contributed by atoms with van der Waals surface area (Å²) in [5, 5.41) is 0. The van der Waals surface area contributed by atoms with Gasteiger partial charge in [-0.1, -0.05) is 28.9 Å². The van der Waals surface area contributed by atoms with E-state index in [1.54, 1.807) is 0 Å². The summed E-state index contributed by atoms with van der Waals surface area (Å²) in [6, 6.07) is 0. The first-order chi connectivity index (χ1) is 7.25. The van der Waals surface area contributed by atoms with Gasteiger partial charge in [0, 0.05) is 11.9 Å². The van der Waals surface area contributed by atoms with Crippen LogP contribution in [-0.4, -0.2) is 5.71 Å². The average Bonchev–Trinajstić information content (AvgIpc) is 2.12. The van der Waals surface area contributed by atoms with Crippen LogP contribution in [-0.2, 0) is 0 Å². The van der Waals surface area contributed by atoms with Crippen molar-refractivity contribution < 1.29 is 0 Å². The second-order valence-electron chi connectivity index (χ2n) is 4.77. The number of allylic oxidation sites excluding steroid dienone is 5. The van der Waals surface area contributed by atoms with Gasteiger partial charge in [0.2, 0.25) is 0 Å². The SMILES string of the molecule is CC(C)=CC=C(C)C.CC(C)=CN=C(C)C. The highest BCUT2D eigenvalue weighted by Gasteiger charge is 1.73. The molecule has 1 nitrogen and oxygen atoms in total. The van der Waals surface area contributed by atoms with Crippen LogP contribution in [0.3, 0.4) is 0 Å². The molecule has 92 valence electrons. The maximum Gasteiger partial charge on any atom is 0.0253 e. The molecule has 0 heterocycles. The Bertz CT molecular complexity index is 221. The molecule has 0 aromatic carbocycles. The van der Waals surface area contributed by atoms with Crippen LogP contribution in [0.15, 0.2) is 40.1 Å². The summed E-state index contributed by atoms with van der Waals surface area (Å²) in [6.07, 6.45) is 6.11. The maximum absolute atomic E-state index is 4.08. The molecule has 0 radical (unpaired) electrons. The monoisotopic (exact) mass is 221 g/mol. The van der Waals surface area contributed by atoms with Gasteiger partial charge in [0.15, 0.2) is 0 Å². The molecule has 0 aliphatic carbocycles. The lowest BCUT2D eigenvalue weighted by Gasteiger charge is -1.84. The summed E-state index contributed by atoms with van der Waals surface area (Å²) in [5.41, 5.74) is 5.05. The van der Waals surface area contributed by atoms with Gasteiger partial charge >= 0.3 is 0 Å². The Labute approximate surface area is 102 Å². The molecule has 0 saturated carbocycles. The molecule has 0 atom stereocenters. The Morgan fingerprint density at radius 1 is 0.625 bits per heavy atom. The van der Waals surface area contributed by atoms with Gasteiger partial charge in [0.05, 0.1) is 0 Å². The number of aliphatic imine (C=N–C) groups is 1. The van der Waals surface area contributed by atoms with E-state index >= 15 is 0 Å². The lowest BCUT2D eigenvalue weighted by molar-refractivity contribution is 1.32. The molecular weight excluding hydrogens is 194 g/mol. The Morgan fingerprint density at radius 2 is 1.00 bits per heavy atom. The molecule has 0 N–H and O–H groups in total. The highest BCUT2D eigenvalue weighted by atomic mass is 14.7. The fourth-order valence-electron chi connectivity index (χ4n) is 0.592. The molecule has 0 rings (SSSR count). The van der Waals surface area contributed by atoms with Crippen LogP contribution in [0, 0.1) is 0 Å². The number of hydrogen-bond acceptors (Lipinski definition) is 1. The Kier molecular flexibility index (Phi) is 11.2. The van der Waals surface area contributed by atoms with Gasteiger partial charge in [-0.05, 0) is 55.4 Å². The number of hydrogen-bond donors (Lipinski definition) is 0. The van der Waals surface area contributed by atoms with Crippen LogP contribution >= 0.6 is 0 Å². The maximum atomic E-state index is 4.08. The van der Waals surface area contributed by atoms with Crippen molar-refractivity contribution in [3.63, 3.8) is 0 Å². The number of rotatable bonds is 2. The lowest BCUT2D eigenvalue weighted by atomic mass is 10.2. The van der Waals surface area contributed by atoms with Crippen molar-refractivity contribution in [1.82, 2.24) is 0 Å². The van der Waals surface area contributed by atoms with Gasteiger partial charge in [-0.3, -0.25) is 4.99 Å². The topological polar surface area (TPSA) is 12.4 Å². The third-order valence-electron chi connectivity index (χ3n) is 1.33. The van der Waals surface area contributed by atoms with E-state index in [4.69, 9.17) is 0 Å². The largest absolute Gasteiger partial charge is 0.266 e. The molecule has 0 bridgehead atoms. The quantitative estimate of drug-likeness (QED) is 0.442. The van der Waals surface area contributed by atoms with Crippen LogP contribution in [0.2, 0.25) is 0 Å². The molecule has 0 aliphatic heterocycles. The first kappa shape index (κ1) is 17.3. The second-order valence-corrected chi connectivity index (χ2v) is 4.77. The summed E-state index contributed by atoms with van der Waals surface area (Å²) in [5.74, 6) is 0. The molecule has 0 fully saturated rings. The fraction of sp³-hybridized carbons (Fsp3) is 0.533. The first-order valence-corrected chi connectivity index (χ1v) is 5.68. The summed E-state index contributed by atoms with van der Waals surface area (Å²) in [4.78, 5) is 4.08. The van der Waals surface area contributed by atoms with Gasteiger partial charge in [-0.15, -0.1) is 0 Å². The molecule has 1 heteroatoms. The van der Waals surface area contributed by atoms with Gasteiger partial charge in [-0.25, -0.2) is 0 Å². The summed E-state index contributed by atoms with van der Waals surface area (Å²) in [7, 11) is 0. The predicted octanol–water partition coefficient (Wildman–Crippen LogP) is 5.31. The zero-order chi connectivity index (χ0) is 13.1. The van der Waals surface area contributed by atoms with Crippen molar-refractivity contribution in [1.29, 1.82) is 0 Å². The van der Waals surface area contributed by atoms with Crippen molar-refractivity contribution in [2.24, 2.45) is 4.99 Å². The van der Waals surface area contributed by atoms with E-state index in [0.29, 0.717) is 0 Å². The minimum absolute atomic E-state index is 1.10. The third-order valence-corrected chi connectivity index (χ3v) is 1.33. The molecule has 0 amide bonds. The molecule has 0 aromatic heterocycles. The minimum atomic E-state index is 1.10. The van der Waals surface area contributed by atoms with Crippen molar-refractivity contribution in [3.05, 3.63) is 35.1 Å². The van der Waals surface area contributed by atoms with E-state index in [2.05, 4.69) is 44.8 Å².